The van der Waals surface area contributed by atoms with E-state index < -0.39 is 6.29 Å². The number of allylic oxidation sites excluding steroid dienone is 6. The number of aliphatic hydroxyl groups excluding tert-OH is 1. The maximum Gasteiger partial charge on any atom is 0.176 e. The smallest absolute Gasteiger partial charge is 0.176 e. The van der Waals surface area contributed by atoms with Gasteiger partial charge in [-0.3, -0.25) is 9.59 Å². The van der Waals surface area contributed by atoms with Gasteiger partial charge in [0.25, 0.3) is 0 Å². The summed E-state index contributed by atoms with van der Waals surface area (Å²) < 4.78 is 5.27. The first-order valence-electron chi connectivity index (χ1n) is 9.38. The highest BCUT2D eigenvalue weighted by Gasteiger charge is 2.46. The van der Waals surface area contributed by atoms with Gasteiger partial charge in [0.05, 0.1) is 12.5 Å². The highest BCUT2D eigenvalue weighted by molar-refractivity contribution is 6.20. The summed E-state index contributed by atoms with van der Waals surface area (Å²) in [6.07, 6.45) is 8.86. The van der Waals surface area contributed by atoms with Crippen LogP contribution in [0, 0.1) is 11.8 Å². The molecule has 3 aliphatic rings. The van der Waals surface area contributed by atoms with Crippen molar-refractivity contribution in [3.05, 3.63) is 47.2 Å². The third-order valence-electron chi connectivity index (χ3n) is 5.23. The van der Waals surface area contributed by atoms with Crippen LogP contribution in [0.3, 0.4) is 0 Å². The molecule has 3 aliphatic carbocycles. The molecule has 2 N–H and O–H groups in total. The van der Waals surface area contributed by atoms with E-state index in [0.717, 1.165) is 31.4 Å². The molecule has 5 heteroatoms. The van der Waals surface area contributed by atoms with Crippen LogP contribution in [0.1, 0.15) is 39.0 Å². The van der Waals surface area contributed by atoms with E-state index in [1.54, 1.807) is 6.92 Å². The van der Waals surface area contributed by atoms with Crippen LogP contribution < -0.4 is 5.32 Å². The number of rotatable bonds is 7. The number of fused-ring (bicyclic) bond motifs is 2. The standard InChI is InChI=1S/C21H27NO4/c1-13(2)21(25)26-12-6-11-22-17-10-5-9-16-18(17)20(24)15-8-4-3-7-14(15)19(16)23/h7-8,10,16,18,21-22,25H,1,3-6,9,11-12H2,2H3. The summed E-state index contributed by atoms with van der Waals surface area (Å²) in [4.78, 5) is 25.8. The van der Waals surface area contributed by atoms with Gasteiger partial charge in [-0.1, -0.05) is 24.8 Å². The van der Waals surface area contributed by atoms with Gasteiger partial charge in [-0.25, -0.2) is 0 Å². The summed E-state index contributed by atoms with van der Waals surface area (Å²) in [6.45, 7) is 6.38. The zero-order valence-electron chi connectivity index (χ0n) is 15.3. The lowest BCUT2D eigenvalue weighted by molar-refractivity contribution is -0.130. The second-order valence-corrected chi connectivity index (χ2v) is 7.21. The second-order valence-electron chi connectivity index (χ2n) is 7.21. The quantitative estimate of drug-likeness (QED) is 0.416. The highest BCUT2D eigenvalue weighted by Crippen LogP contribution is 2.41. The van der Waals surface area contributed by atoms with Crippen molar-refractivity contribution in [3.8, 4) is 0 Å². The number of Topliss-reactive ketones (excluding diaryl/α,β-unsaturated/α-hetero) is 2. The molecule has 1 saturated carbocycles. The summed E-state index contributed by atoms with van der Waals surface area (Å²) in [5, 5.41) is 12.9. The molecule has 140 valence electrons. The normalized spacial score (nSPS) is 26.2. The van der Waals surface area contributed by atoms with Gasteiger partial charge in [0.15, 0.2) is 17.9 Å². The Bertz CT molecular complexity index is 701. The van der Waals surface area contributed by atoms with Crippen molar-refractivity contribution < 1.29 is 19.4 Å². The van der Waals surface area contributed by atoms with Crippen molar-refractivity contribution >= 4 is 11.6 Å². The molecule has 0 heterocycles. The molecule has 3 unspecified atom stereocenters. The fourth-order valence-electron chi connectivity index (χ4n) is 3.87. The lowest BCUT2D eigenvalue weighted by Crippen LogP contribution is -2.44. The van der Waals surface area contributed by atoms with Gasteiger partial charge in [0.1, 0.15) is 0 Å². The molecular weight excluding hydrogens is 330 g/mol. The molecule has 0 spiro atoms. The lowest BCUT2D eigenvalue weighted by atomic mass is 9.66. The molecule has 5 nitrogen and oxygen atoms in total. The van der Waals surface area contributed by atoms with Gasteiger partial charge in [-0.05, 0) is 44.6 Å². The van der Waals surface area contributed by atoms with Crippen LogP contribution in [0.15, 0.2) is 47.2 Å². The predicted octanol–water partition coefficient (Wildman–Crippen LogP) is 2.59. The van der Waals surface area contributed by atoms with Crippen LogP contribution in [0.2, 0.25) is 0 Å². The minimum atomic E-state index is -0.936. The third kappa shape index (κ3) is 3.74. The Morgan fingerprint density at radius 3 is 2.62 bits per heavy atom. The number of hydrogen-bond acceptors (Lipinski definition) is 5. The highest BCUT2D eigenvalue weighted by atomic mass is 16.6. The maximum absolute atomic E-state index is 13.0. The van der Waals surface area contributed by atoms with E-state index in [9.17, 15) is 14.7 Å². The Kier molecular flexibility index (Phi) is 5.89. The van der Waals surface area contributed by atoms with E-state index >= 15 is 0 Å². The van der Waals surface area contributed by atoms with Crippen molar-refractivity contribution in [1.82, 2.24) is 5.32 Å². The van der Waals surface area contributed by atoms with E-state index in [2.05, 4.69) is 11.9 Å². The summed E-state index contributed by atoms with van der Waals surface area (Å²) in [5.41, 5.74) is 2.70. The summed E-state index contributed by atoms with van der Waals surface area (Å²) in [6, 6.07) is 0. The number of aliphatic hydroxyl groups is 1. The molecule has 0 saturated heterocycles. The summed E-state index contributed by atoms with van der Waals surface area (Å²) in [7, 11) is 0. The molecule has 0 radical (unpaired) electrons. The molecule has 0 amide bonds. The van der Waals surface area contributed by atoms with E-state index in [0.29, 0.717) is 36.3 Å². The molecule has 3 rings (SSSR count). The Morgan fingerprint density at radius 1 is 1.23 bits per heavy atom. The van der Waals surface area contributed by atoms with Crippen molar-refractivity contribution in [2.75, 3.05) is 13.2 Å². The number of hydrogen-bond donors (Lipinski definition) is 2. The van der Waals surface area contributed by atoms with E-state index in [4.69, 9.17) is 4.74 Å². The summed E-state index contributed by atoms with van der Waals surface area (Å²) >= 11 is 0. The van der Waals surface area contributed by atoms with Gasteiger partial charge in [0.2, 0.25) is 0 Å². The van der Waals surface area contributed by atoms with Crippen LogP contribution >= 0.6 is 0 Å². The Balaban J connectivity index is 1.61. The summed E-state index contributed by atoms with van der Waals surface area (Å²) in [5.74, 6) is -0.411. The molecule has 1 fully saturated rings. The van der Waals surface area contributed by atoms with E-state index in [-0.39, 0.29) is 23.4 Å². The second kappa shape index (κ2) is 8.14. The molecule has 0 aromatic heterocycles. The number of carbonyl (C=O) groups is 2. The molecule has 0 aliphatic heterocycles. The van der Waals surface area contributed by atoms with Gasteiger partial charge in [-0.15, -0.1) is 0 Å². The van der Waals surface area contributed by atoms with Crippen LogP contribution in [0.5, 0.6) is 0 Å². The number of ketones is 2. The topological polar surface area (TPSA) is 75.6 Å². The number of nitrogens with one attached hydrogen (secondary N) is 1. The first kappa shape index (κ1) is 18.8. The minimum absolute atomic E-state index is 0.0768. The monoisotopic (exact) mass is 357 g/mol. The number of ether oxygens (including phenoxy) is 1. The molecule has 0 aromatic carbocycles. The fraction of sp³-hybridized carbons (Fsp3) is 0.524. The van der Waals surface area contributed by atoms with Crippen LogP contribution in [-0.2, 0) is 14.3 Å². The Labute approximate surface area is 154 Å². The fourth-order valence-corrected chi connectivity index (χ4v) is 3.87. The molecular formula is C21H27NO4. The predicted molar refractivity (Wildman–Crippen MR) is 99.1 cm³/mol. The maximum atomic E-state index is 13.0. The minimum Gasteiger partial charge on any atom is -0.388 e. The molecule has 3 atom stereocenters. The lowest BCUT2D eigenvalue weighted by Gasteiger charge is -2.37. The molecule has 26 heavy (non-hydrogen) atoms. The zero-order chi connectivity index (χ0) is 18.7. The van der Waals surface area contributed by atoms with Crippen molar-refractivity contribution in [1.29, 1.82) is 0 Å². The molecule has 0 aromatic rings. The SMILES string of the molecule is C=C(C)C(O)OCCCNC1=CCCC2C(=O)C3=CCCC=C3C(=O)C12. The van der Waals surface area contributed by atoms with E-state index in [1.165, 1.54) is 0 Å². The average Bonchev–Trinajstić information content (AvgIpc) is 2.65. The van der Waals surface area contributed by atoms with Crippen LogP contribution in [0.25, 0.3) is 0 Å². The van der Waals surface area contributed by atoms with E-state index in [1.807, 2.05) is 18.2 Å². The zero-order valence-corrected chi connectivity index (χ0v) is 15.3. The third-order valence-corrected chi connectivity index (χ3v) is 5.23. The van der Waals surface area contributed by atoms with Crippen molar-refractivity contribution in [2.24, 2.45) is 11.8 Å². The van der Waals surface area contributed by atoms with Crippen molar-refractivity contribution in [3.63, 3.8) is 0 Å². The first-order chi connectivity index (χ1) is 12.5. The van der Waals surface area contributed by atoms with Crippen molar-refractivity contribution in [2.45, 2.75) is 45.3 Å². The number of carbonyl (C=O) groups excluding carboxylic acids is 2. The van der Waals surface area contributed by atoms with Gasteiger partial charge in [-0.2, -0.15) is 0 Å². The van der Waals surface area contributed by atoms with Gasteiger partial charge >= 0.3 is 0 Å². The Hall–Kier alpha value is -1.98. The average molecular weight is 357 g/mol. The Morgan fingerprint density at radius 2 is 1.92 bits per heavy atom. The van der Waals surface area contributed by atoms with Crippen LogP contribution in [0.4, 0.5) is 0 Å². The molecule has 0 bridgehead atoms. The van der Waals surface area contributed by atoms with Gasteiger partial charge in [0, 0.05) is 29.3 Å². The largest absolute Gasteiger partial charge is 0.388 e. The van der Waals surface area contributed by atoms with Crippen LogP contribution in [-0.4, -0.2) is 36.1 Å². The first-order valence-corrected chi connectivity index (χ1v) is 9.38. The van der Waals surface area contributed by atoms with Gasteiger partial charge < -0.3 is 15.2 Å².